The van der Waals surface area contributed by atoms with E-state index in [9.17, 15) is 4.79 Å². The molecule has 0 radical (unpaired) electrons. The van der Waals surface area contributed by atoms with Crippen LogP contribution in [0.2, 0.25) is 5.02 Å². The first-order valence-electron chi connectivity index (χ1n) is 5.64. The number of hydrogen-bond acceptors (Lipinski definition) is 2. The van der Waals surface area contributed by atoms with Crippen molar-refractivity contribution in [3.05, 3.63) is 57.5 Å². The highest BCUT2D eigenvalue weighted by molar-refractivity contribution is 9.10. The molecule has 98 valence electrons. The molecule has 2 aromatic carbocycles. The smallest absolute Gasteiger partial charge is 0.228 e. The minimum atomic E-state index is -0.128. The van der Waals surface area contributed by atoms with Crippen LogP contribution < -0.4 is 11.1 Å². The molecule has 0 unspecified atom stereocenters. The van der Waals surface area contributed by atoms with E-state index < -0.39 is 0 Å². The van der Waals surface area contributed by atoms with Crippen LogP contribution in [0.4, 0.5) is 11.4 Å². The summed E-state index contributed by atoms with van der Waals surface area (Å²) in [5, 5.41) is 3.34. The van der Waals surface area contributed by atoms with Crippen LogP contribution in [0, 0.1) is 0 Å². The maximum Gasteiger partial charge on any atom is 0.228 e. The molecule has 5 heteroatoms. The highest BCUT2D eigenvalue weighted by atomic mass is 79.9. The maximum atomic E-state index is 11.9. The summed E-state index contributed by atoms with van der Waals surface area (Å²) >= 11 is 9.26. The zero-order chi connectivity index (χ0) is 13.8. The molecule has 1 amide bonds. The van der Waals surface area contributed by atoms with Gasteiger partial charge in [0.15, 0.2) is 0 Å². The van der Waals surface area contributed by atoms with Crippen molar-refractivity contribution in [1.29, 1.82) is 0 Å². The quantitative estimate of drug-likeness (QED) is 0.834. The molecular weight excluding hydrogens is 328 g/mol. The van der Waals surface area contributed by atoms with E-state index >= 15 is 0 Å². The molecule has 0 atom stereocenters. The highest BCUT2D eigenvalue weighted by Crippen LogP contribution is 2.25. The van der Waals surface area contributed by atoms with Crippen LogP contribution in [0.15, 0.2) is 46.9 Å². The number of benzene rings is 2. The lowest BCUT2D eigenvalue weighted by atomic mass is 10.1. The van der Waals surface area contributed by atoms with Crippen molar-refractivity contribution in [2.75, 3.05) is 11.1 Å². The number of para-hydroxylation sites is 1. The Hall–Kier alpha value is -1.52. The van der Waals surface area contributed by atoms with E-state index in [1.54, 1.807) is 24.3 Å². The molecule has 19 heavy (non-hydrogen) atoms. The number of nitrogens with one attached hydrogen (secondary N) is 1. The van der Waals surface area contributed by atoms with Gasteiger partial charge in [-0.15, -0.1) is 0 Å². The molecule has 0 heterocycles. The lowest BCUT2D eigenvalue weighted by molar-refractivity contribution is -0.115. The van der Waals surface area contributed by atoms with Gasteiger partial charge < -0.3 is 11.1 Å². The third kappa shape index (κ3) is 3.72. The lowest BCUT2D eigenvalue weighted by Crippen LogP contribution is -2.15. The summed E-state index contributed by atoms with van der Waals surface area (Å²) in [5.41, 5.74) is 7.88. The van der Waals surface area contributed by atoms with Gasteiger partial charge in [0.1, 0.15) is 0 Å². The zero-order valence-electron chi connectivity index (χ0n) is 9.99. The van der Waals surface area contributed by atoms with Gasteiger partial charge in [-0.3, -0.25) is 4.79 Å². The number of nitrogen functional groups attached to an aromatic ring is 1. The average Bonchev–Trinajstić information content (AvgIpc) is 2.37. The Morgan fingerprint density at radius 3 is 2.68 bits per heavy atom. The predicted octanol–water partition coefficient (Wildman–Crippen LogP) is 3.87. The van der Waals surface area contributed by atoms with Gasteiger partial charge >= 0.3 is 0 Å². The molecule has 0 spiro atoms. The topological polar surface area (TPSA) is 55.1 Å². The summed E-state index contributed by atoms with van der Waals surface area (Å²) < 4.78 is 0.791. The number of carbonyl (C=O) groups excluding carboxylic acids is 1. The van der Waals surface area contributed by atoms with Gasteiger partial charge in [-0.05, 0) is 45.8 Å². The van der Waals surface area contributed by atoms with Crippen molar-refractivity contribution in [3.63, 3.8) is 0 Å². The molecule has 2 aromatic rings. The second-order valence-corrected chi connectivity index (χ2v) is 5.31. The number of amides is 1. The van der Waals surface area contributed by atoms with Crippen LogP contribution >= 0.6 is 27.5 Å². The zero-order valence-corrected chi connectivity index (χ0v) is 12.3. The largest absolute Gasteiger partial charge is 0.398 e. The first-order chi connectivity index (χ1) is 9.06. The second-order valence-electron chi connectivity index (χ2n) is 4.05. The Labute approximate surface area is 124 Å². The standard InChI is InChI=1S/C14H12BrClN2O/c15-11-6-5-10(8-12(11)16)18-14(19)7-9-3-1-2-4-13(9)17/h1-6,8H,7,17H2,(H,18,19). The predicted molar refractivity (Wildman–Crippen MR) is 82.3 cm³/mol. The van der Waals surface area contributed by atoms with Gasteiger partial charge in [-0.1, -0.05) is 29.8 Å². The van der Waals surface area contributed by atoms with Crippen molar-refractivity contribution in [2.24, 2.45) is 0 Å². The van der Waals surface area contributed by atoms with E-state index in [1.807, 2.05) is 18.2 Å². The lowest BCUT2D eigenvalue weighted by Gasteiger charge is -2.08. The first kappa shape index (κ1) is 13.9. The molecule has 0 aromatic heterocycles. The molecule has 0 saturated carbocycles. The fourth-order valence-corrected chi connectivity index (χ4v) is 2.07. The normalized spacial score (nSPS) is 10.2. The Kier molecular flexibility index (Phi) is 4.45. The minimum Gasteiger partial charge on any atom is -0.398 e. The van der Waals surface area contributed by atoms with E-state index in [0.29, 0.717) is 16.4 Å². The Bertz CT molecular complexity index is 616. The van der Waals surface area contributed by atoms with Crippen LogP contribution in [0.3, 0.4) is 0 Å². The SMILES string of the molecule is Nc1ccccc1CC(=O)Nc1ccc(Br)c(Cl)c1. The molecule has 0 aliphatic rings. The van der Waals surface area contributed by atoms with Gasteiger partial charge in [0.05, 0.1) is 11.4 Å². The van der Waals surface area contributed by atoms with Gasteiger partial charge in [0.2, 0.25) is 5.91 Å². The van der Waals surface area contributed by atoms with Crippen molar-refractivity contribution in [2.45, 2.75) is 6.42 Å². The maximum absolute atomic E-state index is 11.9. The summed E-state index contributed by atoms with van der Waals surface area (Å²) in [6.07, 6.45) is 0.236. The Balaban J connectivity index is 2.05. The van der Waals surface area contributed by atoms with Crippen molar-refractivity contribution in [1.82, 2.24) is 0 Å². The third-order valence-corrected chi connectivity index (χ3v) is 3.84. The number of rotatable bonds is 3. The number of anilines is 2. The van der Waals surface area contributed by atoms with E-state index in [4.69, 9.17) is 17.3 Å². The van der Waals surface area contributed by atoms with E-state index in [0.717, 1.165) is 10.0 Å². The second kappa shape index (κ2) is 6.08. The summed E-state index contributed by atoms with van der Waals surface area (Å²) in [4.78, 5) is 11.9. The first-order valence-corrected chi connectivity index (χ1v) is 6.81. The molecule has 0 aliphatic carbocycles. The number of halogens is 2. The molecule has 0 aliphatic heterocycles. The molecule has 3 nitrogen and oxygen atoms in total. The fraction of sp³-hybridized carbons (Fsp3) is 0.0714. The summed E-state index contributed by atoms with van der Waals surface area (Å²) in [5.74, 6) is -0.128. The van der Waals surface area contributed by atoms with Crippen molar-refractivity contribution >= 4 is 44.8 Å². The van der Waals surface area contributed by atoms with E-state index in [-0.39, 0.29) is 12.3 Å². The van der Waals surface area contributed by atoms with Crippen molar-refractivity contribution in [3.8, 4) is 0 Å². The average molecular weight is 340 g/mol. The summed E-state index contributed by atoms with van der Waals surface area (Å²) in [7, 11) is 0. The molecule has 3 N–H and O–H groups in total. The molecular formula is C14H12BrClN2O. The van der Waals surface area contributed by atoms with Crippen molar-refractivity contribution < 1.29 is 4.79 Å². The van der Waals surface area contributed by atoms with Crippen LogP contribution in [0.5, 0.6) is 0 Å². The summed E-state index contributed by atoms with van der Waals surface area (Å²) in [6.45, 7) is 0. The number of nitrogens with two attached hydrogens (primary N) is 1. The monoisotopic (exact) mass is 338 g/mol. The third-order valence-electron chi connectivity index (χ3n) is 2.61. The highest BCUT2D eigenvalue weighted by Gasteiger charge is 2.07. The Morgan fingerprint density at radius 1 is 1.26 bits per heavy atom. The molecule has 0 saturated heterocycles. The number of hydrogen-bond donors (Lipinski definition) is 2. The van der Waals surface area contributed by atoms with Crippen LogP contribution in [-0.2, 0) is 11.2 Å². The fourth-order valence-electron chi connectivity index (χ4n) is 1.65. The van der Waals surface area contributed by atoms with E-state index in [1.165, 1.54) is 0 Å². The van der Waals surface area contributed by atoms with Gasteiger partial charge in [-0.2, -0.15) is 0 Å². The van der Waals surface area contributed by atoms with Crippen LogP contribution in [0.1, 0.15) is 5.56 Å². The van der Waals surface area contributed by atoms with Crippen LogP contribution in [0.25, 0.3) is 0 Å². The molecule has 0 fully saturated rings. The van der Waals surface area contributed by atoms with Gasteiger partial charge in [0, 0.05) is 15.8 Å². The van der Waals surface area contributed by atoms with Gasteiger partial charge in [-0.25, -0.2) is 0 Å². The van der Waals surface area contributed by atoms with E-state index in [2.05, 4.69) is 21.2 Å². The summed E-state index contributed by atoms with van der Waals surface area (Å²) in [6, 6.07) is 12.6. The minimum absolute atomic E-state index is 0.128. The Morgan fingerprint density at radius 2 is 2.00 bits per heavy atom. The van der Waals surface area contributed by atoms with Gasteiger partial charge in [0.25, 0.3) is 0 Å². The number of carbonyl (C=O) groups is 1. The molecule has 0 bridgehead atoms. The molecule has 2 rings (SSSR count). The van der Waals surface area contributed by atoms with Crippen LogP contribution in [-0.4, -0.2) is 5.91 Å².